The van der Waals surface area contributed by atoms with Gasteiger partial charge in [0.25, 0.3) is 0 Å². The van der Waals surface area contributed by atoms with Crippen molar-refractivity contribution in [3.8, 4) is 46.6 Å². The van der Waals surface area contributed by atoms with Crippen LogP contribution in [-0.2, 0) is 0 Å². The molecule has 0 aliphatic rings. The van der Waals surface area contributed by atoms with E-state index in [4.69, 9.17) is 43.2 Å². The third-order valence-corrected chi connectivity index (χ3v) is 15.5. The Morgan fingerprint density at radius 3 is 0.941 bits per heavy atom. The topological polar surface area (TPSA) is 214 Å². The lowest BCUT2D eigenvalue weighted by molar-refractivity contribution is 0.636. The zero-order valence-electron chi connectivity index (χ0n) is 44.2. The third kappa shape index (κ3) is 6.94. The molecule has 0 saturated carbocycles. The molecule has 0 atom stereocenters. The Morgan fingerprint density at radius 1 is 0.271 bits per heavy atom. The summed E-state index contributed by atoms with van der Waals surface area (Å²) in [6.45, 7) is 0. The summed E-state index contributed by atoms with van der Waals surface area (Å²) >= 11 is 0. The van der Waals surface area contributed by atoms with Crippen LogP contribution in [0, 0.1) is 0 Å². The second-order valence-corrected chi connectivity index (χ2v) is 20.2. The maximum absolute atomic E-state index is 6.43. The molecule has 0 bridgehead atoms. The summed E-state index contributed by atoms with van der Waals surface area (Å²) in [7, 11) is 0. The maximum Gasteiger partial charge on any atom is 0.242 e. The quantitative estimate of drug-likeness (QED) is 0.151. The number of hydrogen-bond donors (Lipinski definition) is 0. The second kappa shape index (κ2) is 18.1. The van der Waals surface area contributed by atoms with Gasteiger partial charge in [-0.05, 0) is 30.3 Å². The molecule has 0 spiro atoms. The van der Waals surface area contributed by atoms with Crippen molar-refractivity contribution in [1.29, 1.82) is 0 Å². The first-order valence-electron chi connectivity index (χ1n) is 27.2. The van der Waals surface area contributed by atoms with Crippen LogP contribution in [-0.4, -0.2) is 78.1 Å². The second-order valence-electron chi connectivity index (χ2n) is 20.2. The molecule has 0 unspecified atom stereocenters. The number of aromatic nitrogens is 16. The summed E-state index contributed by atoms with van der Waals surface area (Å²) in [5, 5.41) is 7.75. The van der Waals surface area contributed by atoms with Crippen LogP contribution in [0.2, 0.25) is 0 Å². The SMILES string of the molecule is c1ccc(-c2nc(-n3c4ccccc4c4ccccc43)nc(-n3c4cncnc4c4c5ccccc5oc43)n2)cc1.c1ccc(-c2nc(-n3c4cncnc4c4c5ccccc5oc43)nc(-n3c4cncnc4c4c5ccccc5oc43)n2)cc1. The minimum Gasteiger partial charge on any atom is -0.439 e. The molecule has 12 heterocycles. The largest absolute Gasteiger partial charge is 0.439 e. The van der Waals surface area contributed by atoms with E-state index in [0.29, 0.717) is 63.6 Å². The van der Waals surface area contributed by atoms with Gasteiger partial charge in [-0.3, -0.25) is 4.57 Å². The van der Waals surface area contributed by atoms with Crippen molar-refractivity contribution in [3.05, 3.63) is 220 Å². The van der Waals surface area contributed by atoms with Gasteiger partial charge in [0.2, 0.25) is 40.9 Å². The molecule has 0 N–H and O–H groups in total. The van der Waals surface area contributed by atoms with Crippen LogP contribution in [0.3, 0.4) is 0 Å². The minimum atomic E-state index is 0.339. The summed E-state index contributed by atoms with van der Waals surface area (Å²) < 4.78 is 27.0. The van der Waals surface area contributed by atoms with E-state index in [9.17, 15) is 0 Å². The first-order valence-corrected chi connectivity index (χ1v) is 27.2. The summed E-state index contributed by atoms with van der Waals surface area (Å²) in [6, 6.07) is 60.1. The molecule has 0 aliphatic carbocycles. The van der Waals surface area contributed by atoms with Crippen molar-refractivity contribution in [1.82, 2.24) is 78.1 Å². The van der Waals surface area contributed by atoms with Crippen molar-refractivity contribution in [3.63, 3.8) is 0 Å². The van der Waals surface area contributed by atoms with Gasteiger partial charge in [0.05, 0.1) is 62.3 Å². The number of hydrogen-bond acceptors (Lipinski definition) is 15. The van der Waals surface area contributed by atoms with Gasteiger partial charge >= 0.3 is 0 Å². The van der Waals surface area contributed by atoms with E-state index in [-0.39, 0.29) is 0 Å². The summed E-state index contributed by atoms with van der Waals surface area (Å²) in [4.78, 5) is 57.1. The number of benzene rings is 7. The number of furan rings is 3. The molecule has 0 radical (unpaired) electrons. The molecule has 0 amide bonds. The van der Waals surface area contributed by atoms with Gasteiger partial charge in [-0.15, -0.1) is 0 Å². The molecule has 12 aromatic heterocycles. The fourth-order valence-corrected chi connectivity index (χ4v) is 11.9. The first-order chi connectivity index (χ1) is 42.2. The Morgan fingerprint density at radius 2 is 0.576 bits per heavy atom. The highest BCUT2D eigenvalue weighted by Crippen LogP contribution is 2.42. The molecule has 0 saturated heterocycles. The molecular formula is C66H36N16O3. The molecule has 7 aromatic carbocycles. The molecule has 85 heavy (non-hydrogen) atoms. The number of nitrogens with zero attached hydrogens (tertiary/aromatic N) is 16. The van der Waals surface area contributed by atoms with E-state index in [2.05, 4.69) is 70.9 Å². The predicted molar refractivity (Wildman–Crippen MR) is 324 cm³/mol. The van der Waals surface area contributed by atoms with Gasteiger partial charge in [0.1, 0.15) is 52.3 Å². The maximum atomic E-state index is 6.43. The summed E-state index contributed by atoms with van der Waals surface area (Å²) in [6.07, 6.45) is 9.89. The number of rotatable bonds is 6. The van der Waals surface area contributed by atoms with Crippen LogP contribution in [0.25, 0.3) is 168 Å². The van der Waals surface area contributed by atoms with Gasteiger partial charge in [-0.25, -0.2) is 43.6 Å². The van der Waals surface area contributed by atoms with Crippen molar-refractivity contribution in [2.45, 2.75) is 0 Å². The average molecular weight is 1100 g/mol. The van der Waals surface area contributed by atoms with Gasteiger partial charge in [0, 0.05) is 38.1 Å². The lowest BCUT2D eigenvalue weighted by atomic mass is 10.2. The van der Waals surface area contributed by atoms with Crippen LogP contribution in [0.1, 0.15) is 0 Å². The van der Waals surface area contributed by atoms with Crippen molar-refractivity contribution >= 4 is 121 Å². The van der Waals surface area contributed by atoms with Gasteiger partial charge in [-0.2, -0.15) is 29.9 Å². The van der Waals surface area contributed by atoms with Gasteiger partial charge in [0.15, 0.2) is 11.6 Å². The Kier molecular flexibility index (Phi) is 9.86. The Bertz CT molecular complexity index is 5680. The highest BCUT2D eigenvalue weighted by molar-refractivity contribution is 6.20. The molecule has 398 valence electrons. The number of para-hydroxylation sites is 5. The van der Waals surface area contributed by atoms with E-state index in [1.807, 2.05) is 159 Å². The van der Waals surface area contributed by atoms with E-state index in [1.54, 1.807) is 24.9 Å². The van der Waals surface area contributed by atoms with Crippen LogP contribution < -0.4 is 0 Å². The Labute approximate surface area is 476 Å². The molecule has 0 aliphatic heterocycles. The standard InChI is InChI=1S/C33H17N9O2.C33H19N7O/c1-2-8-18(9-3-1)29-38-32(41-21-14-34-16-36-27(21)25-19-10-4-6-12-23(19)43-30(25)41)40-33(39-29)42-22-15-35-17-37-28(22)26-20-11-5-7-13-24(20)44-31(26)42;1-2-10-20(11-3-1)30-36-32(39-24-15-7-4-12-21(24)22-13-5-8-16-25(22)39)38-33(37-30)40-26-18-34-19-35-29(26)28-23-14-6-9-17-27(23)41-31(28)40/h1-17H;1-19H. The first kappa shape index (κ1) is 46.4. The van der Waals surface area contributed by atoms with Gasteiger partial charge < -0.3 is 13.3 Å². The summed E-state index contributed by atoms with van der Waals surface area (Å²) in [5.41, 5.74) is 12.1. The number of fused-ring (bicyclic) bond motifs is 18. The zero-order valence-corrected chi connectivity index (χ0v) is 44.2. The van der Waals surface area contributed by atoms with Crippen LogP contribution >= 0.6 is 0 Å². The van der Waals surface area contributed by atoms with Gasteiger partial charge in [-0.1, -0.05) is 152 Å². The monoisotopic (exact) mass is 1100 g/mol. The predicted octanol–water partition coefficient (Wildman–Crippen LogP) is 14.1. The Hall–Kier alpha value is -12.4. The molecule has 19 nitrogen and oxygen atoms in total. The van der Waals surface area contributed by atoms with E-state index in [1.165, 1.54) is 12.7 Å². The van der Waals surface area contributed by atoms with Crippen LogP contribution in [0.4, 0.5) is 0 Å². The summed E-state index contributed by atoms with van der Waals surface area (Å²) in [5.74, 6) is 2.63. The highest BCUT2D eigenvalue weighted by atomic mass is 16.4. The lowest BCUT2D eigenvalue weighted by Crippen LogP contribution is -2.10. The molecule has 19 aromatic rings. The highest BCUT2D eigenvalue weighted by Gasteiger charge is 2.28. The molecule has 0 fully saturated rings. The molecule has 19 rings (SSSR count). The normalized spacial score (nSPS) is 12.0. The van der Waals surface area contributed by atoms with E-state index in [0.717, 1.165) is 104 Å². The van der Waals surface area contributed by atoms with Crippen LogP contribution in [0.15, 0.2) is 233 Å². The third-order valence-electron chi connectivity index (χ3n) is 15.5. The smallest absolute Gasteiger partial charge is 0.242 e. The van der Waals surface area contributed by atoms with Crippen molar-refractivity contribution in [2.75, 3.05) is 0 Å². The minimum absolute atomic E-state index is 0.339. The zero-order chi connectivity index (χ0) is 55.7. The molecule has 19 heteroatoms. The average Bonchev–Trinajstić information content (AvgIpc) is 1.77. The lowest BCUT2D eigenvalue weighted by Gasteiger charge is -2.11. The fourth-order valence-electron chi connectivity index (χ4n) is 11.9. The molecular weight excluding hydrogens is 1060 g/mol. The van der Waals surface area contributed by atoms with Crippen molar-refractivity contribution in [2.24, 2.45) is 0 Å². The Balaban J connectivity index is 0.000000129. The van der Waals surface area contributed by atoms with E-state index < -0.39 is 0 Å². The fraction of sp³-hybridized carbons (Fsp3) is 0. The van der Waals surface area contributed by atoms with E-state index >= 15 is 0 Å². The van der Waals surface area contributed by atoms with Crippen molar-refractivity contribution < 1.29 is 13.3 Å². The van der Waals surface area contributed by atoms with Crippen LogP contribution in [0.5, 0.6) is 0 Å².